The molecule has 194 valence electrons. The van der Waals surface area contributed by atoms with Crippen molar-refractivity contribution >= 4 is 27.5 Å². The highest BCUT2D eigenvalue weighted by atomic mass is 16.5. The van der Waals surface area contributed by atoms with E-state index < -0.39 is 6.29 Å². The van der Waals surface area contributed by atoms with E-state index in [-0.39, 0.29) is 13.0 Å². The molecule has 7 heteroatoms. The summed E-state index contributed by atoms with van der Waals surface area (Å²) < 4.78 is 8.43. The van der Waals surface area contributed by atoms with Gasteiger partial charge in [-0.1, -0.05) is 55.7 Å². The molecule has 5 aromatic rings. The summed E-state index contributed by atoms with van der Waals surface area (Å²) in [5.41, 5.74) is 11.0. The van der Waals surface area contributed by atoms with Crippen LogP contribution in [0.3, 0.4) is 0 Å². The standard InChI is InChI=1S/C31H32N4O3/c32-31-25-16-21(11-10-20(25)14-15-33-31)22-12-13-28-26(17-22)27(34-35(28)24-7-2-1-3-8-24)19-38-29-9-5-4-6-23(29)18-30(36)37/h4-6,9-17,24,30,36-37H,1-3,7-8,18-19H2,(H2,32,33). The molecule has 0 radical (unpaired) electrons. The minimum atomic E-state index is -1.43. The molecule has 0 spiro atoms. The Morgan fingerprint density at radius 2 is 1.68 bits per heavy atom. The van der Waals surface area contributed by atoms with Crippen molar-refractivity contribution < 1.29 is 14.9 Å². The van der Waals surface area contributed by atoms with Crippen LogP contribution in [0.4, 0.5) is 5.82 Å². The molecule has 4 N–H and O–H groups in total. The summed E-state index contributed by atoms with van der Waals surface area (Å²) in [4.78, 5) is 4.26. The van der Waals surface area contributed by atoms with Gasteiger partial charge >= 0.3 is 0 Å². The number of hydrogen-bond acceptors (Lipinski definition) is 6. The number of nitrogens with zero attached hydrogens (tertiary/aromatic N) is 3. The molecule has 2 aromatic heterocycles. The highest BCUT2D eigenvalue weighted by Gasteiger charge is 2.21. The fourth-order valence-corrected chi connectivity index (χ4v) is 5.62. The second kappa shape index (κ2) is 10.4. The molecule has 1 saturated carbocycles. The number of fused-ring (bicyclic) bond motifs is 2. The van der Waals surface area contributed by atoms with Crippen molar-refractivity contribution in [3.05, 3.63) is 84.2 Å². The first-order valence-corrected chi connectivity index (χ1v) is 13.3. The lowest BCUT2D eigenvalue weighted by molar-refractivity contribution is -0.0385. The van der Waals surface area contributed by atoms with Crippen molar-refractivity contribution in [2.45, 2.75) is 57.5 Å². The summed E-state index contributed by atoms with van der Waals surface area (Å²) in [6.45, 7) is 0.285. The van der Waals surface area contributed by atoms with Gasteiger partial charge in [0.15, 0.2) is 6.29 Å². The molecule has 0 aliphatic heterocycles. The number of anilines is 1. The number of rotatable bonds is 7. The molecule has 2 heterocycles. The molecule has 6 rings (SSSR count). The quantitative estimate of drug-likeness (QED) is 0.241. The van der Waals surface area contributed by atoms with Crippen molar-refractivity contribution in [2.75, 3.05) is 5.73 Å². The van der Waals surface area contributed by atoms with Gasteiger partial charge in [-0.2, -0.15) is 5.10 Å². The van der Waals surface area contributed by atoms with Gasteiger partial charge in [0.1, 0.15) is 23.9 Å². The van der Waals surface area contributed by atoms with Crippen LogP contribution in [0, 0.1) is 0 Å². The third kappa shape index (κ3) is 4.83. The van der Waals surface area contributed by atoms with Crippen LogP contribution < -0.4 is 10.5 Å². The second-order valence-corrected chi connectivity index (χ2v) is 10.1. The number of para-hydroxylation sites is 1. The van der Waals surface area contributed by atoms with Gasteiger partial charge in [-0.25, -0.2) is 4.98 Å². The predicted octanol–water partition coefficient (Wildman–Crippen LogP) is 5.77. The van der Waals surface area contributed by atoms with E-state index in [0.29, 0.717) is 17.6 Å². The second-order valence-electron chi connectivity index (χ2n) is 10.1. The largest absolute Gasteiger partial charge is 0.487 e. The van der Waals surface area contributed by atoms with Crippen molar-refractivity contribution in [2.24, 2.45) is 0 Å². The lowest BCUT2D eigenvalue weighted by Crippen LogP contribution is -2.14. The number of nitrogen functional groups attached to an aromatic ring is 1. The van der Waals surface area contributed by atoms with Crippen molar-refractivity contribution in [1.82, 2.24) is 14.8 Å². The number of ether oxygens (including phenoxy) is 1. The van der Waals surface area contributed by atoms with Crippen molar-refractivity contribution in [3.8, 4) is 16.9 Å². The Balaban J connectivity index is 1.40. The van der Waals surface area contributed by atoms with Crippen LogP contribution in [0.1, 0.15) is 49.4 Å². The van der Waals surface area contributed by atoms with Gasteiger partial charge in [-0.3, -0.25) is 4.68 Å². The zero-order chi connectivity index (χ0) is 26.1. The van der Waals surface area contributed by atoms with Gasteiger partial charge < -0.3 is 20.7 Å². The average Bonchev–Trinajstić information content (AvgIpc) is 3.31. The van der Waals surface area contributed by atoms with Crippen molar-refractivity contribution in [3.63, 3.8) is 0 Å². The summed E-state index contributed by atoms with van der Waals surface area (Å²) in [6.07, 6.45) is 6.40. The lowest BCUT2D eigenvalue weighted by atomic mass is 9.95. The zero-order valence-corrected chi connectivity index (χ0v) is 21.3. The average molecular weight is 509 g/mol. The molecular formula is C31H32N4O3. The van der Waals surface area contributed by atoms with Crippen molar-refractivity contribution in [1.29, 1.82) is 0 Å². The maximum atomic E-state index is 9.50. The molecule has 0 atom stereocenters. The number of aliphatic hydroxyl groups excluding tert-OH is 1. The van der Waals surface area contributed by atoms with Crippen LogP contribution in [0.25, 0.3) is 32.8 Å². The third-order valence-corrected chi connectivity index (χ3v) is 7.57. The molecule has 0 amide bonds. The topological polar surface area (TPSA) is 106 Å². The monoisotopic (exact) mass is 508 g/mol. The van der Waals surface area contributed by atoms with Gasteiger partial charge in [0, 0.05) is 23.4 Å². The maximum Gasteiger partial charge on any atom is 0.155 e. The predicted molar refractivity (Wildman–Crippen MR) is 150 cm³/mol. The minimum absolute atomic E-state index is 0.109. The highest BCUT2D eigenvalue weighted by Crippen LogP contribution is 2.35. The Hall–Kier alpha value is -3.94. The highest BCUT2D eigenvalue weighted by molar-refractivity contribution is 5.95. The Labute approximate surface area is 221 Å². The van der Waals surface area contributed by atoms with Crippen LogP contribution in [0.5, 0.6) is 5.75 Å². The first-order valence-electron chi connectivity index (χ1n) is 13.3. The van der Waals surface area contributed by atoms with Gasteiger partial charge in [-0.15, -0.1) is 0 Å². The van der Waals surface area contributed by atoms with E-state index in [9.17, 15) is 10.2 Å². The van der Waals surface area contributed by atoms with Crippen LogP contribution in [-0.4, -0.2) is 31.3 Å². The van der Waals surface area contributed by atoms with Crippen LogP contribution in [0.15, 0.2) is 72.9 Å². The van der Waals surface area contributed by atoms with E-state index in [4.69, 9.17) is 15.6 Å². The number of benzene rings is 3. The van der Waals surface area contributed by atoms with E-state index in [1.165, 1.54) is 19.3 Å². The number of aliphatic hydroxyl groups is 2. The van der Waals surface area contributed by atoms with Gasteiger partial charge in [0.2, 0.25) is 0 Å². The smallest absolute Gasteiger partial charge is 0.155 e. The SMILES string of the molecule is Nc1nccc2ccc(-c3ccc4c(c3)c(COc3ccccc3CC(O)O)nn4C3CCCCC3)cc12. The van der Waals surface area contributed by atoms with E-state index in [2.05, 4.69) is 46.1 Å². The lowest BCUT2D eigenvalue weighted by Gasteiger charge is -2.22. The number of hydrogen-bond donors (Lipinski definition) is 3. The summed E-state index contributed by atoms with van der Waals surface area (Å²) in [5.74, 6) is 1.16. The Kier molecular flexibility index (Phi) is 6.70. The molecule has 0 unspecified atom stereocenters. The molecule has 0 saturated heterocycles. The van der Waals surface area contributed by atoms with E-state index in [0.717, 1.165) is 56.9 Å². The number of aromatic nitrogens is 3. The molecule has 7 nitrogen and oxygen atoms in total. The molecule has 3 aromatic carbocycles. The van der Waals surface area contributed by atoms with Crippen LogP contribution in [-0.2, 0) is 13.0 Å². The Morgan fingerprint density at radius 1 is 0.921 bits per heavy atom. The third-order valence-electron chi connectivity index (χ3n) is 7.57. The van der Waals surface area contributed by atoms with E-state index >= 15 is 0 Å². The molecule has 1 aliphatic rings. The minimum Gasteiger partial charge on any atom is -0.487 e. The maximum absolute atomic E-state index is 9.50. The van der Waals surface area contributed by atoms with Gasteiger partial charge in [0.05, 0.1) is 11.6 Å². The Morgan fingerprint density at radius 3 is 2.50 bits per heavy atom. The summed E-state index contributed by atoms with van der Waals surface area (Å²) in [6, 6.07) is 22.6. The van der Waals surface area contributed by atoms with Crippen LogP contribution in [0.2, 0.25) is 0 Å². The fourth-order valence-electron chi connectivity index (χ4n) is 5.62. The first kappa shape index (κ1) is 24.4. The van der Waals surface area contributed by atoms with Gasteiger partial charge in [-0.05, 0) is 65.3 Å². The molecule has 38 heavy (non-hydrogen) atoms. The molecule has 1 fully saturated rings. The fraction of sp³-hybridized carbons (Fsp3) is 0.290. The summed E-state index contributed by atoms with van der Waals surface area (Å²) in [5, 5.41) is 27.1. The Bertz CT molecular complexity index is 1590. The van der Waals surface area contributed by atoms with Crippen LogP contribution >= 0.6 is 0 Å². The number of nitrogens with two attached hydrogens (primary N) is 1. The van der Waals surface area contributed by atoms with E-state index in [1.54, 1.807) is 6.20 Å². The van der Waals surface area contributed by atoms with E-state index in [1.807, 2.05) is 30.3 Å². The van der Waals surface area contributed by atoms with Gasteiger partial charge in [0.25, 0.3) is 0 Å². The normalized spacial score (nSPS) is 14.5. The molecule has 0 bridgehead atoms. The summed E-state index contributed by atoms with van der Waals surface area (Å²) >= 11 is 0. The zero-order valence-electron chi connectivity index (χ0n) is 21.3. The molecule has 1 aliphatic carbocycles. The summed E-state index contributed by atoms with van der Waals surface area (Å²) in [7, 11) is 0. The molecular weight excluding hydrogens is 476 g/mol. The first-order chi connectivity index (χ1) is 18.6. The number of pyridine rings is 1.